The molecule has 6 rings (SSSR count). The maximum absolute atomic E-state index is 14.5. The van der Waals surface area contributed by atoms with Crippen molar-refractivity contribution in [3.63, 3.8) is 0 Å². The molecule has 0 aliphatic heterocycles. The van der Waals surface area contributed by atoms with Crippen molar-refractivity contribution in [3.8, 4) is 22.3 Å². The molecule has 0 bridgehead atoms. The van der Waals surface area contributed by atoms with Crippen LogP contribution in [0.15, 0.2) is 121 Å². The van der Waals surface area contributed by atoms with E-state index < -0.39 is 11.1 Å². The first-order valence-corrected chi connectivity index (χ1v) is 15.5. The second-order valence-electron chi connectivity index (χ2n) is 13.8. The van der Waals surface area contributed by atoms with Gasteiger partial charge in [-0.15, -0.1) is 0 Å². The highest BCUT2D eigenvalue weighted by atomic mass is 16.5. The van der Waals surface area contributed by atoms with Gasteiger partial charge in [0.2, 0.25) is 5.54 Å². The minimum Gasteiger partial charge on any atom is -0.754 e. The molecule has 1 radical (unpaired) electrons. The maximum Gasteiger partial charge on any atom is 0.259 e. The third-order valence-electron chi connectivity index (χ3n) is 8.16. The van der Waals surface area contributed by atoms with Gasteiger partial charge in [-0.05, 0) is 88.8 Å². The average molecular weight is 609 g/mol. The largest absolute Gasteiger partial charge is 0.754 e. The van der Waals surface area contributed by atoms with E-state index in [2.05, 4.69) is 0 Å². The Morgan fingerprint density at radius 3 is 1.54 bits per heavy atom. The van der Waals surface area contributed by atoms with Gasteiger partial charge >= 0.3 is 0 Å². The minimum atomic E-state index is -0.737. The van der Waals surface area contributed by atoms with Crippen LogP contribution < -0.4 is 10.1 Å². The lowest BCUT2D eigenvalue weighted by Crippen LogP contribution is -2.37. The Morgan fingerprint density at radius 2 is 1.02 bits per heavy atom. The van der Waals surface area contributed by atoms with Gasteiger partial charge in [-0.25, -0.2) is 5.06 Å². The maximum atomic E-state index is 14.5. The number of anilines is 3. The number of fused-ring (bicyclic) bond motifs is 2. The second-order valence-corrected chi connectivity index (χ2v) is 13.8. The van der Waals surface area contributed by atoms with Crippen molar-refractivity contribution in [3.05, 3.63) is 131 Å². The Bertz CT molecular complexity index is 2080. The fraction of sp³-hybridized carbons (Fsp3) is 0.200. The van der Waals surface area contributed by atoms with Crippen LogP contribution in [0.25, 0.3) is 43.8 Å². The number of hydrogen-bond donors (Lipinski definition) is 0. The van der Waals surface area contributed by atoms with Gasteiger partial charge in [0, 0.05) is 53.9 Å². The molecule has 231 valence electrons. The van der Waals surface area contributed by atoms with Gasteiger partial charge in [0.15, 0.2) is 0 Å². The molecular formula is C40H38N3O3. The van der Waals surface area contributed by atoms with E-state index in [-0.39, 0.29) is 0 Å². The molecule has 0 atom stereocenters. The molecule has 6 aromatic carbocycles. The third-order valence-corrected chi connectivity index (χ3v) is 8.16. The van der Waals surface area contributed by atoms with Crippen molar-refractivity contribution in [1.29, 1.82) is 0 Å². The first kappa shape index (κ1) is 31.0. The van der Waals surface area contributed by atoms with Crippen LogP contribution in [0.3, 0.4) is 0 Å². The van der Waals surface area contributed by atoms with Gasteiger partial charge in [0.25, 0.3) is 5.69 Å². The van der Waals surface area contributed by atoms with E-state index >= 15 is 0 Å². The summed E-state index contributed by atoms with van der Waals surface area (Å²) in [5, 5.41) is 34.0. The average Bonchev–Trinajstić information content (AvgIpc) is 3.05. The van der Waals surface area contributed by atoms with Crippen LogP contribution in [0.5, 0.6) is 0 Å². The van der Waals surface area contributed by atoms with E-state index in [0.29, 0.717) is 22.7 Å². The quantitative estimate of drug-likeness (QED) is 0.139. The van der Waals surface area contributed by atoms with E-state index in [4.69, 9.17) is 0 Å². The molecular weight excluding hydrogens is 570 g/mol. The Kier molecular flexibility index (Phi) is 7.88. The molecule has 0 N–H and O–H groups in total. The Morgan fingerprint density at radius 1 is 0.565 bits per heavy atom. The van der Waals surface area contributed by atoms with Crippen LogP contribution in [0, 0.1) is 10.1 Å². The zero-order chi connectivity index (χ0) is 32.8. The zero-order valence-electron chi connectivity index (χ0n) is 27.1. The van der Waals surface area contributed by atoms with Crippen molar-refractivity contribution in [2.75, 3.05) is 10.1 Å². The van der Waals surface area contributed by atoms with E-state index in [0.717, 1.165) is 58.7 Å². The van der Waals surface area contributed by atoms with Crippen molar-refractivity contribution in [2.24, 2.45) is 0 Å². The lowest BCUT2D eigenvalue weighted by molar-refractivity contribution is -0.540. The fourth-order valence-electron chi connectivity index (χ4n) is 5.85. The molecule has 0 saturated carbocycles. The van der Waals surface area contributed by atoms with Gasteiger partial charge in [-0.2, -0.15) is 0 Å². The van der Waals surface area contributed by atoms with E-state index in [1.807, 2.05) is 151 Å². The van der Waals surface area contributed by atoms with Crippen molar-refractivity contribution in [1.82, 2.24) is 0 Å². The molecule has 0 saturated heterocycles. The van der Waals surface area contributed by atoms with Gasteiger partial charge in [-0.1, -0.05) is 90.1 Å². The molecule has 6 heteroatoms. The highest BCUT2D eigenvalue weighted by Gasteiger charge is 2.32. The summed E-state index contributed by atoms with van der Waals surface area (Å²) >= 11 is 0. The van der Waals surface area contributed by atoms with Crippen LogP contribution in [0.4, 0.5) is 22.7 Å². The topological polar surface area (TPSA) is 69.5 Å². The van der Waals surface area contributed by atoms with Crippen LogP contribution in [-0.4, -0.2) is 15.8 Å². The molecule has 0 unspecified atom stereocenters. The molecule has 0 aliphatic carbocycles. The third kappa shape index (κ3) is 5.97. The highest BCUT2D eigenvalue weighted by Crippen LogP contribution is 2.41. The predicted molar refractivity (Wildman–Crippen MR) is 190 cm³/mol. The second kappa shape index (κ2) is 11.7. The lowest BCUT2D eigenvalue weighted by atomic mass is 9.96. The van der Waals surface area contributed by atoms with Gasteiger partial charge in [0.1, 0.15) is 0 Å². The molecule has 6 nitrogen and oxygen atoms in total. The number of nitroso groups, excluding NO2 is 1. The lowest BCUT2D eigenvalue weighted by Gasteiger charge is -2.34. The number of hydroxylamine groups is 1. The monoisotopic (exact) mass is 608 g/mol. The summed E-state index contributed by atoms with van der Waals surface area (Å²) in [7, 11) is 0. The molecule has 0 aromatic heterocycles. The smallest absolute Gasteiger partial charge is 0.259 e. The minimum absolute atomic E-state index is 0.291. The summed E-state index contributed by atoms with van der Waals surface area (Å²) in [5.41, 5.74) is 3.19. The molecule has 6 aromatic rings. The first-order valence-electron chi connectivity index (χ1n) is 15.5. The van der Waals surface area contributed by atoms with E-state index in [1.54, 1.807) is 12.1 Å². The van der Waals surface area contributed by atoms with Crippen molar-refractivity contribution >= 4 is 44.3 Å². The predicted octanol–water partition coefficient (Wildman–Crippen LogP) is 11.1. The Hall–Kier alpha value is -5.04. The molecule has 0 heterocycles. The van der Waals surface area contributed by atoms with E-state index in [9.17, 15) is 15.3 Å². The summed E-state index contributed by atoms with van der Waals surface area (Å²) in [6.45, 7) is 11.1. The number of rotatable bonds is 6. The summed E-state index contributed by atoms with van der Waals surface area (Å²) < 4.78 is 0.940. The highest BCUT2D eigenvalue weighted by molar-refractivity contribution is 5.99. The summed E-state index contributed by atoms with van der Waals surface area (Å²) in [4.78, 5) is 13.6. The normalized spacial score (nSPS) is 12.0. The van der Waals surface area contributed by atoms with E-state index in [1.165, 1.54) is 0 Å². The molecule has 0 aliphatic rings. The Labute approximate surface area is 270 Å². The molecule has 0 amide bonds. The number of hydrogen-bond acceptors (Lipinski definition) is 4. The zero-order valence-corrected chi connectivity index (χ0v) is 27.1. The van der Waals surface area contributed by atoms with Crippen LogP contribution in [0.2, 0.25) is 0 Å². The van der Waals surface area contributed by atoms with Crippen molar-refractivity contribution in [2.45, 2.75) is 52.6 Å². The summed E-state index contributed by atoms with van der Waals surface area (Å²) in [5.74, 6) is 0. The standard InChI is InChI=1S/C40H38N3O3/c1-39(2,3)42(45)33-23-29(37-19-11-15-27-13-7-9-17-35(27)37)21-31(25-33)41(44)32-22-30(24-34(26-32)43(46)40(4,5)6)38-20-12-16-28-14-8-10-18-36(28)38/h7-26H,1-6H3. The van der Waals surface area contributed by atoms with Crippen LogP contribution in [-0.2, 0) is 5.21 Å². The van der Waals surface area contributed by atoms with Crippen LogP contribution >= 0.6 is 0 Å². The molecule has 46 heavy (non-hydrogen) atoms. The molecule has 0 spiro atoms. The summed E-state index contributed by atoms with van der Waals surface area (Å²) in [6, 6.07) is 38.7. The Balaban J connectivity index is 1.57. The summed E-state index contributed by atoms with van der Waals surface area (Å²) in [6.07, 6.45) is 0. The number of benzene rings is 6. The fourth-order valence-corrected chi connectivity index (χ4v) is 5.85. The van der Waals surface area contributed by atoms with Crippen LogP contribution in [0.1, 0.15) is 41.5 Å². The SMILES string of the molecule is CC(C)(C)N([O])c1cc(-c2cccc3ccccc23)cc(N([O-])c2cc(-c3cccc4ccccc34)cc([N+](=O)C(C)(C)C)c2)c1. The van der Waals surface area contributed by atoms with Gasteiger partial charge in [0.05, 0.1) is 11.2 Å². The number of nitrogens with zero attached hydrogens (tertiary/aromatic N) is 3. The van der Waals surface area contributed by atoms with Gasteiger partial charge < -0.3 is 10.3 Å². The van der Waals surface area contributed by atoms with Gasteiger partial charge in [-0.3, -0.25) is 0 Å². The first-order chi connectivity index (χ1) is 21.8. The molecule has 0 fully saturated rings. The van der Waals surface area contributed by atoms with Crippen molar-refractivity contribution < 1.29 is 9.97 Å².